The van der Waals surface area contributed by atoms with Crippen LogP contribution in [-0.4, -0.2) is 53.3 Å². The van der Waals surface area contributed by atoms with E-state index < -0.39 is 29.4 Å². The molecule has 124 valence electrons. The van der Waals surface area contributed by atoms with Crippen molar-refractivity contribution in [1.82, 2.24) is 4.90 Å². The summed E-state index contributed by atoms with van der Waals surface area (Å²) in [5, 5.41) is 0. The second kappa shape index (κ2) is 6.89. The molecule has 0 aromatic rings. The van der Waals surface area contributed by atoms with E-state index in [1.807, 2.05) is 0 Å². The molecule has 1 amide bonds. The minimum Gasteiger partial charge on any atom is -0.460 e. The summed E-state index contributed by atoms with van der Waals surface area (Å²) < 4.78 is 9.90. The molecular weight excluding hydrogens is 290 g/mol. The molecule has 1 rings (SSSR count). The normalized spacial score (nSPS) is 22.2. The van der Waals surface area contributed by atoms with Gasteiger partial charge in [0.15, 0.2) is 0 Å². The highest BCUT2D eigenvalue weighted by molar-refractivity contribution is 6.38. The third-order valence-electron chi connectivity index (χ3n) is 3.22. The molecule has 0 bridgehead atoms. The Bertz CT molecular complexity index is 479. The molecule has 0 unspecified atom stereocenters. The maximum atomic E-state index is 12.2. The van der Waals surface area contributed by atoms with Crippen molar-refractivity contribution >= 4 is 23.6 Å². The van der Waals surface area contributed by atoms with Crippen LogP contribution in [0.1, 0.15) is 41.0 Å². The predicted octanol–water partition coefficient (Wildman–Crippen LogP) is 1.33. The summed E-state index contributed by atoms with van der Waals surface area (Å²) in [6, 6.07) is -0.381. The van der Waals surface area contributed by atoms with E-state index in [9.17, 15) is 19.2 Å². The Morgan fingerprint density at radius 2 is 1.86 bits per heavy atom. The largest absolute Gasteiger partial charge is 0.460 e. The average molecular weight is 313 g/mol. The maximum absolute atomic E-state index is 12.2. The average Bonchev–Trinajstić information content (AvgIpc) is 2.36. The first-order valence-corrected chi connectivity index (χ1v) is 7.30. The van der Waals surface area contributed by atoms with Crippen molar-refractivity contribution in [3.05, 3.63) is 0 Å². The van der Waals surface area contributed by atoms with E-state index in [2.05, 4.69) is 4.74 Å². The number of amides is 1. The molecule has 7 heteroatoms. The third kappa shape index (κ3) is 4.54. The van der Waals surface area contributed by atoms with Crippen LogP contribution in [0.3, 0.4) is 0 Å². The number of likely N-dealkylation sites (tertiary alicyclic amines) is 1. The minimum absolute atomic E-state index is 0.00898. The van der Waals surface area contributed by atoms with Gasteiger partial charge in [0.05, 0.1) is 6.61 Å². The summed E-state index contributed by atoms with van der Waals surface area (Å²) in [4.78, 5) is 49.0. The maximum Gasteiger partial charge on any atom is 0.410 e. The van der Waals surface area contributed by atoms with E-state index in [4.69, 9.17) is 4.74 Å². The number of hydrogen-bond acceptors (Lipinski definition) is 6. The van der Waals surface area contributed by atoms with Gasteiger partial charge in [-0.05, 0) is 34.6 Å². The summed E-state index contributed by atoms with van der Waals surface area (Å²) in [6.07, 6.45) is -0.594. The van der Waals surface area contributed by atoms with E-state index in [1.165, 1.54) is 4.90 Å². The van der Waals surface area contributed by atoms with Gasteiger partial charge in [-0.2, -0.15) is 0 Å². The van der Waals surface area contributed by atoms with Gasteiger partial charge >= 0.3 is 12.1 Å². The van der Waals surface area contributed by atoms with Gasteiger partial charge in [-0.25, -0.2) is 9.59 Å². The van der Waals surface area contributed by atoms with Gasteiger partial charge in [0.2, 0.25) is 0 Å². The lowest BCUT2D eigenvalue weighted by Crippen LogP contribution is -2.53. The van der Waals surface area contributed by atoms with Crippen LogP contribution in [0, 0.1) is 5.92 Å². The van der Waals surface area contributed by atoms with Gasteiger partial charge < -0.3 is 14.4 Å². The first-order chi connectivity index (χ1) is 10.1. The molecule has 0 aromatic carbocycles. The van der Waals surface area contributed by atoms with Crippen molar-refractivity contribution in [2.45, 2.75) is 52.7 Å². The number of ether oxygens (including phenoxy) is 2. The molecule has 1 saturated heterocycles. The number of Topliss-reactive ketones (excluding diaryl/α,β-unsaturated/α-hetero) is 2. The molecule has 0 saturated carbocycles. The molecule has 1 aliphatic heterocycles. The van der Waals surface area contributed by atoms with Crippen LogP contribution in [-0.2, 0) is 23.9 Å². The van der Waals surface area contributed by atoms with Gasteiger partial charge in [0, 0.05) is 19.0 Å². The SMILES string of the molecule is CCOC(=O)C(=O)[C@H]1CN(C(=O)OC(C)(C)C)[C@@H](C)CC1=O. The highest BCUT2D eigenvalue weighted by atomic mass is 16.6. The summed E-state index contributed by atoms with van der Waals surface area (Å²) >= 11 is 0. The van der Waals surface area contributed by atoms with E-state index in [-0.39, 0.29) is 31.4 Å². The lowest BCUT2D eigenvalue weighted by Gasteiger charge is -2.37. The molecular formula is C15H23NO6. The van der Waals surface area contributed by atoms with Crippen LogP contribution in [0.25, 0.3) is 0 Å². The number of esters is 1. The first-order valence-electron chi connectivity index (χ1n) is 7.30. The summed E-state index contributed by atoms with van der Waals surface area (Å²) in [6.45, 7) is 8.35. The Morgan fingerprint density at radius 1 is 1.27 bits per heavy atom. The van der Waals surface area contributed by atoms with Crippen molar-refractivity contribution in [3.8, 4) is 0 Å². The fourth-order valence-corrected chi connectivity index (χ4v) is 2.17. The standard InChI is InChI=1S/C15H23NO6/c1-6-21-13(19)12(18)10-8-16(9(2)7-11(10)17)14(20)22-15(3,4)5/h9-10H,6-8H2,1-5H3/t9-,10-/m0/s1. The quantitative estimate of drug-likeness (QED) is 0.443. The summed E-state index contributed by atoms with van der Waals surface area (Å²) in [5.74, 6) is -3.49. The van der Waals surface area contributed by atoms with Gasteiger partial charge in [-0.1, -0.05) is 0 Å². The fourth-order valence-electron chi connectivity index (χ4n) is 2.17. The fraction of sp³-hybridized carbons (Fsp3) is 0.733. The summed E-state index contributed by atoms with van der Waals surface area (Å²) in [5.41, 5.74) is -0.682. The number of piperidine rings is 1. The van der Waals surface area contributed by atoms with E-state index in [0.717, 1.165) is 0 Å². The van der Waals surface area contributed by atoms with Crippen molar-refractivity contribution in [1.29, 1.82) is 0 Å². The van der Waals surface area contributed by atoms with E-state index >= 15 is 0 Å². The Morgan fingerprint density at radius 3 is 2.36 bits per heavy atom. The van der Waals surface area contributed by atoms with E-state index in [0.29, 0.717) is 0 Å². The molecule has 1 heterocycles. The number of ketones is 2. The molecule has 0 aliphatic carbocycles. The molecule has 1 aliphatic rings. The van der Waals surface area contributed by atoms with Gasteiger partial charge in [-0.3, -0.25) is 9.59 Å². The molecule has 7 nitrogen and oxygen atoms in total. The summed E-state index contributed by atoms with van der Waals surface area (Å²) in [7, 11) is 0. The Kier molecular flexibility index (Phi) is 5.68. The Hall–Kier alpha value is -1.92. The zero-order chi connectivity index (χ0) is 17.1. The minimum atomic E-state index is -1.18. The topological polar surface area (TPSA) is 90.0 Å². The lowest BCUT2D eigenvalue weighted by molar-refractivity contribution is -0.158. The molecule has 0 aromatic heterocycles. The van der Waals surface area contributed by atoms with Crippen LogP contribution in [0.5, 0.6) is 0 Å². The molecule has 2 atom stereocenters. The van der Waals surface area contributed by atoms with Crippen LogP contribution in [0.4, 0.5) is 4.79 Å². The highest BCUT2D eigenvalue weighted by Gasteiger charge is 2.42. The van der Waals surface area contributed by atoms with Crippen LogP contribution in [0.2, 0.25) is 0 Å². The van der Waals surface area contributed by atoms with E-state index in [1.54, 1.807) is 34.6 Å². The van der Waals surface area contributed by atoms with Crippen molar-refractivity contribution in [2.24, 2.45) is 5.92 Å². The monoisotopic (exact) mass is 313 g/mol. The predicted molar refractivity (Wildman–Crippen MR) is 77.2 cm³/mol. The molecule has 0 N–H and O–H groups in total. The number of rotatable bonds is 3. The van der Waals surface area contributed by atoms with Crippen molar-refractivity contribution in [2.75, 3.05) is 13.2 Å². The second-order valence-electron chi connectivity index (χ2n) is 6.29. The molecule has 1 fully saturated rings. The Labute approximate surface area is 129 Å². The zero-order valence-corrected chi connectivity index (χ0v) is 13.7. The van der Waals surface area contributed by atoms with Crippen LogP contribution in [0.15, 0.2) is 0 Å². The van der Waals surface area contributed by atoms with Crippen LogP contribution >= 0.6 is 0 Å². The van der Waals surface area contributed by atoms with Gasteiger partial charge in [0.25, 0.3) is 5.78 Å². The zero-order valence-electron chi connectivity index (χ0n) is 13.7. The second-order valence-corrected chi connectivity index (χ2v) is 6.29. The van der Waals surface area contributed by atoms with Crippen molar-refractivity contribution in [3.63, 3.8) is 0 Å². The molecule has 0 spiro atoms. The number of carbonyl (C=O) groups excluding carboxylic acids is 4. The number of carbonyl (C=O) groups is 4. The Balaban J connectivity index is 2.86. The molecule has 22 heavy (non-hydrogen) atoms. The van der Waals surface area contributed by atoms with Crippen LogP contribution < -0.4 is 0 Å². The first kappa shape index (κ1) is 18.1. The molecule has 0 radical (unpaired) electrons. The smallest absolute Gasteiger partial charge is 0.410 e. The van der Waals surface area contributed by atoms with Gasteiger partial charge in [0.1, 0.15) is 17.3 Å². The highest BCUT2D eigenvalue weighted by Crippen LogP contribution is 2.22. The lowest BCUT2D eigenvalue weighted by atomic mass is 9.89. The third-order valence-corrected chi connectivity index (χ3v) is 3.22. The number of nitrogens with zero attached hydrogens (tertiary/aromatic N) is 1. The van der Waals surface area contributed by atoms with Crippen molar-refractivity contribution < 1.29 is 28.7 Å². The van der Waals surface area contributed by atoms with Gasteiger partial charge in [-0.15, -0.1) is 0 Å². The number of hydrogen-bond donors (Lipinski definition) is 0.